The molecular weight excluding hydrogens is 222 g/mol. The van der Waals surface area contributed by atoms with Gasteiger partial charge in [-0.1, -0.05) is 29.8 Å². The molecule has 0 fully saturated rings. The zero-order valence-electron chi connectivity index (χ0n) is 10.0. The van der Waals surface area contributed by atoms with Gasteiger partial charge in [0.05, 0.1) is 5.02 Å². The second-order valence-corrected chi connectivity index (χ2v) is 4.25. The normalized spacial score (nSPS) is 11.3. The van der Waals surface area contributed by atoms with E-state index in [1.807, 2.05) is 51.4 Å². The maximum absolute atomic E-state index is 6.05. The molecule has 1 aromatic carbocycles. The summed E-state index contributed by atoms with van der Waals surface area (Å²) < 4.78 is 5.63. The Morgan fingerprint density at radius 2 is 2.12 bits per heavy atom. The third kappa shape index (κ3) is 4.25. The molecule has 0 radical (unpaired) electrons. The van der Waals surface area contributed by atoms with Crippen LogP contribution < -0.4 is 4.74 Å². The molecule has 2 nitrogen and oxygen atoms in total. The Morgan fingerprint density at radius 3 is 2.75 bits per heavy atom. The quantitative estimate of drug-likeness (QED) is 0.782. The van der Waals surface area contributed by atoms with E-state index in [0.29, 0.717) is 11.6 Å². The number of allylic oxidation sites excluding steroid dienone is 1. The van der Waals surface area contributed by atoms with Crippen molar-refractivity contribution in [1.82, 2.24) is 4.90 Å². The van der Waals surface area contributed by atoms with Crippen LogP contribution in [0.5, 0.6) is 5.75 Å². The highest BCUT2D eigenvalue weighted by atomic mass is 35.5. The second kappa shape index (κ2) is 6.56. The van der Waals surface area contributed by atoms with Gasteiger partial charge in [0.1, 0.15) is 12.4 Å². The van der Waals surface area contributed by atoms with Crippen LogP contribution in [0.4, 0.5) is 0 Å². The predicted octanol–water partition coefficient (Wildman–Crippen LogP) is 3.31. The molecule has 0 amide bonds. The van der Waals surface area contributed by atoms with Gasteiger partial charge in [-0.3, -0.25) is 0 Å². The van der Waals surface area contributed by atoms with Crippen molar-refractivity contribution in [1.29, 1.82) is 0 Å². The van der Waals surface area contributed by atoms with Crippen molar-refractivity contribution in [3.63, 3.8) is 0 Å². The standard InChI is InChI=1S/C13H18ClNO/c1-4-5-11-6-7-12(14)13(10-11)16-9-8-15(2)3/h4-7,10H,8-9H2,1-3H3/b5-4+. The largest absolute Gasteiger partial charge is 0.491 e. The highest BCUT2D eigenvalue weighted by Crippen LogP contribution is 2.26. The minimum absolute atomic E-state index is 0.645. The van der Waals surface area contributed by atoms with E-state index in [1.54, 1.807) is 0 Å². The van der Waals surface area contributed by atoms with Crippen LogP contribution in [0.3, 0.4) is 0 Å². The number of ether oxygens (including phenoxy) is 1. The molecule has 88 valence electrons. The van der Waals surface area contributed by atoms with Crippen LogP contribution in [0.2, 0.25) is 5.02 Å². The van der Waals surface area contributed by atoms with Gasteiger partial charge in [0.15, 0.2) is 0 Å². The Morgan fingerprint density at radius 1 is 1.38 bits per heavy atom. The molecule has 0 bridgehead atoms. The van der Waals surface area contributed by atoms with E-state index in [2.05, 4.69) is 4.90 Å². The molecule has 1 rings (SSSR count). The number of halogens is 1. The third-order valence-electron chi connectivity index (χ3n) is 2.11. The summed E-state index contributed by atoms with van der Waals surface area (Å²) in [7, 11) is 4.03. The van der Waals surface area contributed by atoms with Gasteiger partial charge in [-0.2, -0.15) is 0 Å². The maximum Gasteiger partial charge on any atom is 0.138 e. The lowest BCUT2D eigenvalue weighted by molar-refractivity contribution is 0.261. The number of hydrogen-bond donors (Lipinski definition) is 0. The van der Waals surface area contributed by atoms with Gasteiger partial charge in [0.2, 0.25) is 0 Å². The van der Waals surface area contributed by atoms with Crippen molar-refractivity contribution >= 4 is 17.7 Å². The average molecular weight is 240 g/mol. The topological polar surface area (TPSA) is 12.5 Å². The molecule has 0 saturated carbocycles. The molecule has 0 spiro atoms. The van der Waals surface area contributed by atoms with Crippen molar-refractivity contribution in [2.75, 3.05) is 27.2 Å². The summed E-state index contributed by atoms with van der Waals surface area (Å²) in [5, 5.41) is 0.659. The summed E-state index contributed by atoms with van der Waals surface area (Å²) >= 11 is 6.05. The van der Waals surface area contributed by atoms with Crippen molar-refractivity contribution < 1.29 is 4.74 Å². The molecule has 0 aliphatic rings. The Bertz CT molecular complexity index is 361. The fourth-order valence-corrected chi connectivity index (χ4v) is 1.44. The first-order chi connectivity index (χ1) is 7.63. The molecule has 0 N–H and O–H groups in total. The molecule has 3 heteroatoms. The van der Waals surface area contributed by atoms with E-state index in [9.17, 15) is 0 Å². The SMILES string of the molecule is C/C=C/c1ccc(Cl)c(OCCN(C)C)c1. The lowest BCUT2D eigenvalue weighted by Crippen LogP contribution is -2.19. The van der Waals surface area contributed by atoms with Gasteiger partial charge in [0.25, 0.3) is 0 Å². The van der Waals surface area contributed by atoms with E-state index in [1.165, 1.54) is 0 Å². The molecular formula is C13H18ClNO. The monoisotopic (exact) mass is 239 g/mol. The summed E-state index contributed by atoms with van der Waals surface area (Å²) in [6.07, 6.45) is 4.02. The van der Waals surface area contributed by atoms with Crippen LogP contribution in [-0.2, 0) is 0 Å². The summed E-state index contributed by atoms with van der Waals surface area (Å²) in [6, 6.07) is 5.79. The third-order valence-corrected chi connectivity index (χ3v) is 2.42. The summed E-state index contributed by atoms with van der Waals surface area (Å²) in [6.45, 7) is 3.51. The predicted molar refractivity (Wildman–Crippen MR) is 70.2 cm³/mol. The zero-order chi connectivity index (χ0) is 12.0. The van der Waals surface area contributed by atoms with Crippen LogP contribution >= 0.6 is 11.6 Å². The molecule has 0 atom stereocenters. The summed E-state index contributed by atoms with van der Waals surface area (Å²) in [4.78, 5) is 2.07. The summed E-state index contributed by atoms with van der Waals surface area (Å²) in [5.41, 5.74) is 1.10. The zero-order valence-corrected chi connectivity index (χ0v) is 10.8. The molecule has 1 aromatic rings. The van der Waals surface area contributed by atoms with Crippen molar-refractivity contribution in [3.8, 4) is 5.75 Å². The van der Waals surface area contributed by atoms with Crippen LogP contribution in [0.25, 0.3) is 6.08 Å². The Kier molecular flexibility index (Phi) is 5.36. The Balaban J connectivity index is 2.66. The second-order valence-electron chi connectivity index (χ2n) is 3.84. The van der Waals surface area contributed by atoms with E-state index >= 15 is 0 Å². The molecule has 0 aliphatic heterocycles. The highest BCUT2D eigenvalue weighted by Gasteiger charge is 2.02. The van der Waals surface area contributed by atoms with Crippen molar-refractivity contribution in [3.05, 3.63) is 34.9 Å². The minimum Gasteiger partial charge on any atom is -0.491 e. The van der Waals surface area contributed by atoms with Gasteiger partial charge in [-0.15, -0.1) is 0 Å². The Labute approximate surface area is 102 Å². The number of likely N-dealkylation sites (N-methyl/N-ethyl adjacent to an activating group) is 1. The lowest BCUT2D eigenvalue weighted by Gasteiger charge is -2.12. The number of nitrogens with zero attached hydrogens (tertiary/aromatic N) is 1. The first kappa shape index (κ1) is 13.1. The number of rotatable bonds is 5. The minimum atomic E-state index is 0.645. The molecule has 0 unspecified atom stereocenters. The van der Waals surface area contributed by atoms with Gasteiger partial charge < -0.3 is 9.64 Å². The highest BCUT2D eigenvalue weighted by molar-refractivity contribution is 6.32. The first-order valence-corrected chi connectivity index (χ1v) is 5.71. The molecule has 0 aromatic heterocycles. The van der Waals surface area contributed by atoms with Gasteiger partial charge in [-0.25, -0.2) is 0 Å². The smallest absolute Gasteiger partial charge is 0.138 e. The maximum atomic E-state index is 6.05. The Hall–Kier alpha value is -0.990. The lowest BCUT2D eigenvalue weighted by atomic mass is 10.2. The molecule has 16 heavy (non-hydrogen) atoms. The van der Waals surface area contributed by atoms with Crippen molar-refractivity contribution in [2.45, 2.75) is 6.92 Å². The molecule has 0 heterocycles. The van der Waals surface area contributed by atoms with Crippen LogP contribution in [0.1, 0.15) is 12.5 Å². The average Bonchev–Trinajstić information content (AvgIpc) is 2.22. The molecule has 0 aliphatic carbocycles. The first-order valence-electron chi connectivity index (χ1n) is 5.33. The fourth-order valence-electron chi connectivity index (χ4n) is 1.26. The molecule has 0 saturated heterocycles. The number of benzene rings is 1. The summed E-state index contributed by atoms with van der Waals surface area (Å²) in [5.74, 6) is 0.749. The van der Waals surface area contributed by atoms with Crippen LogP contribution in [-0.4, -0.2) is 32.1 Å². The van der Waals surface area contributed by atoms with E-state index in [-0.39, 0.29) is 0 Å². The van der Waals surface area contributed by atoms with E-state index < -0.39 is 0 Å². The van der Waals surface area contributed by atoms with Gasteiger partial charge >= 0.3 is 0 Å². The van der Waals surface area contributed by atoms with E-state index in [0.717, 1.165) is 17.9 Å². The van der Waals surface area contributed by atoms with Gasteiger partial charge in [-0.05, 0) is 38.7 Å². The fraction of sp³-hybridized carbons (Fsp3) is 0.385. The van der Waals surface area contributed by atoms with Gasteiger partial charge in [0, 0.05) is 6.54 Å². The van der Waals surface area contributed by atoms with Crippen molar-refractivity contribution in [2.24, 2.45) is 0 Å². The van der Waals surface area contributed by atoms with E-state index in [4.69, 9.17) is 16.3 Å². The number of hydrogen-bond acceptors (Lipinski definition) is 2. The van der Waals surface area contributed by atoms with Crippen LogP contribution in [0, 0.1) is 0 Å². The van der Waals surface area contributed by atoms with Crippen LogP contribution in [0.15, 0.2) is 24.3 Å².